The number of hydrogen-bond donors (Lipinski definition) is 0. The van der Waals surface area contributed by atoms with Crippen molar-refractivity contribution >= 4 is 11.9 Å². The highest BCUT2D eigenvalue weighted by Crippen LogP contribution is 2.41. The summed E-state index contributed by atoms with van der Waals surface area (Å²) in [5, 5.41) is 0. The van der Waals surface area contributed by atoms with Crippen LogP contribution in [0.5, 0.6) is 0 Å². The second kappa shape index (κ2) is 6.84. The fourth-order valence-corrected chi connectivity index (χ4v) is 3.76. The van der Waals surface area contributed by atoms with Gasteiger partial charge >= 0.3 is 0 Å². The Morgan fingerprint density at radius 2 is 2.07 bits per heavy atom. The van der Waals surface area contributed by atoms with Gasteiger partial charge in [-0.25, -0.2) is 19.3 Å². The Kier molecular flexibility index (Phi) is 4.51. The van der Waals surface area contributed by atoms with E-state index in [1.165, 1.54) is 18.3 Å². The topological polar surface area (TPSA) is 71.5 Å². The van der Waals surface area contributed by atoms with Crippen molar-refractivity contribution in [2.45, 2.75) is 24.9 Å². The van der Waals surface area contributed by atoms with Crippen LogP contribution in [-0.2, 0) is 16.8 Å². The lowest BCUT2D eigenvalue weighted by Crippen LogP contribution is -2.49. The van der Waals surface area contributed by atoms with Gasteiger partial charge in [0.15, 0.2) is 11.5 Å². The fraction of sp³-hybridized carbons (Fsp3) is 0.474. The standard InChI is InChI=1S/C19H22FN5O2/c1-24(2)18-22-12-13-5-11-27-19(16(13)23-18)6-9-25(10-7-19)17(26)15-14(20)4-3-8-21-15/h3-4,8,12H,5-7,9-11H2,1-2H3. The maximum atomic E-state index is 13.9. The number of fused-ring (bicyclic) bond motifs is 2. The largest absolute Gasteiger partial charge is 0.368 e. The first-order valence-electron chi connectivity index (χ1n) is 9.08. The average Bonchev–Trinajstić information content (AvgIpc) is 2.68. The van der Waals surface area contributed by atoms with E-state index in [-0.39, 0.29) is 11.6 Å². The van der Waals surface area contributed by atoms with E-state index >= 15 is 0 Å². The maximum Gasteiger partial charge on any atom is 0.275 e. The van der Waals surface area contributed by atoms with Crippen molar-refractivity contribution in [1.82, 2.24) is 19.9 Å². The van der Waals surface area contributed by atoms with E-state index in [1.54, 1.807) is 4.90 Å². The number of hydrogen-bond acceptors (Lipinski definition) is 6. The van der Waals surface area contributed by atoms with Crippen LogP contribution in [0.15, 0.2) is 24.5 Å². The molecule has 27 heavy (non-hydrogen) atoms. The normalized spacial score (nSPS) is 18.3. The third-order valence-electron chi connectivity index (χ3n) is 5.25. The molecule has 2 aromatic rings. The summed E-state index contributed by atoms with van der Waals surface area (Å²) in [5.74, 6) is -0.325. The summed E-state index contributed by atoms with van der Waals surface area (Å²) >= 11 is 0. The molecule has 8 heteroatoms. The molecule has 1 spiro atoms. The zero-order valence-corrected chi connectivity index (χ0v) is 15.5. The van der Waals surface area contributed by atoms with E-state index < -0.39 is 11.4 Å². The Hall–Kier alpha value is -2.61. The van der Waals surface area contributed by atoms with Crippen molar-refractivity contribution in [2.75, 3.05) is 38.7 Å². The molecule has 0 atom stereocenters. The molecule has 1 amide bonds. The predicted octanol–water partition coefficient (Wildman–Crippen LogP) is 1.78. The van der Waals surface area contributed by atoms with Crippen molar-refractivity contribution in [3.63, 3.8) is 0 Å². The SMILES string of the molecule is CN(C)c1ncc2c(n1)C1(CCN(C(=O)c3ncccc3F)CC1)OCC2. The summed E-state index contributed by atoms with van der Waals surface area (Å²) in [5.41, 5.74) is 1.38. The van der Waals surface area contributed by atoms with E-state index in [2.05, 4.69) is 9.97 Å². The number of carbonyl (C=O) groups excluding carboxylic acids is 1. The Balaban J connectivity index is 1.57. The molecule has 0 aliphatic carbocycles. The summed E-state index contributed by atoms with van der Waals surface area (Å²) in [6.07, 6.45) is 5.32. The lowest BCUT2D eigenvalue weighted by Gasteiger charge is -2.44. The molecule has 2 aliphatic heterocycles. The number of pyridine rings is 1. The minimum Gasteiger partial charge on any atom is -0.368 e. The first-order valence-corrected chi connectivity index (χ1v) is 9.08. The molecular weight excluding hydrogens is 349 g/mol. The Bertz CT molecular complexity index is 865. The molecule has 0 saturated carbocycles. The van der Waals surface area contributed by atoms with Crippen molar-refractivity contribution in [3.05, 3.63) is 47.3 Å². The number of halogens is 1. The van der Waals surface area contributed by atoms with Gasteiger partial charge in [-0.3, -0.25) is 4.79 Å². The Morgan fingerprint density at radius 3 is 2.78 bits per heavy atom. The quantitative estimate of drug-likeness (QED) is 0.801. The number of aromatic nitrogens is 3. The maximum absolute atomic E-state index is 13.9. The van der Waals surface area contributed by atoms with Gasteiger partial charge in [-0.15, -0.1) is 0 Å². The summed E-state index contributed by atoms with van der Waals surface area (Å²) in [6, 6.07) is 2.73. The zero-order valence-electron chi connectivity index (χ0n) is 15.5. The van der Waals surface area contributed by atoms with E-state index in [4.69, 9.17) is 9.72 Å². The van der Waals surface area contributed by atoms with Crippen LogP contribution in [0, 0.1) is 5.82 Å². The monoisotopic (exact) mass is 371 g/mol. The molecular formula is C19H22FN5O2. The van der Waals surface area contributed by atoms with Gasteiger partial charge in [0.05, 0.1) is 12.3 Å². The first-order chi connectivity index (χ1) is 13.0. The van der Waals surface area contributed by atoms with Crippen LogP contribution in [0.25, 0.3) is 0 Å². The number of carbonyl (C=O) groups is 1. The molecule has 0 unspecified atom stereocenters. The Morgan fingerprint density at radius 1 is 1.30 bits per heavy atom. The first kappa shape index (κ1) is 17.8. The average molecular weight is 371 g/mol. The summed E-state index contributed by atoms with van der Waals surface area (Å²) in [4.78, 5) is 29.2. The van der Waals surface area contributed by atoms with Crippen LogP contribution in [0.3, 0.4) is 0 Å². The molecule has 2 aromatic heterocycles. The third-order valence-corrected chi connectivity index (χ3v) is 5.25. The minimum atomic E-state index is -0.592. The van der Waals surface area contributed by atoms with Gasteiger partial charge < -0.3 is 14.5 Å². The predicted molar refractivity (Wildman–Crippen MR) is 97.0 cm³/mol. The molecule has 0 aromatic carbocycles. The van der Waals surface area contributed by atoms with Crippen molar-refractivity contribution in [1.29, 1.82) is 0 Å². The highest BCUT2D eigenvalue weighted by molar-refractivity contribution is 5.92. The van der Waals surface area contributed by atoms with E-state index in [0.717, 1.165) is 17.7 Å². The molecule has 4 heterocycles. The molecule has 0 bridgehead atoms. The van der Waals surface area contributed by atoms with Gasteiger partial charge in [0, 0.05) is 39.6 Å². The van der Waals surface area contributed by atoms with Gasteiger partial charge in [0.2, 0.25) is 5.95 Å². The van der Waals surface area contributed by atoms with Crippen LogP contribution >= 0.6 is 0 Å². The second-order valence-corrected chi connectivity index (χ2v) is 7.16. The van der Waals surface area contributed by atoms with Crippen LogP contribution in [0.1, 0.15) is 34.6 Å². The number of nitrogens with zero attached hydrogens (tertiary/aromatic N) is 5. The highest BCUT2D eigenvalue weighted by Gasteiger charge is 2.43. The van der Waals surface area contributed by atoms with Crippen LogP contribution in [0.2, 0.25) is 0 Å². The number of piperidine rings is 1. The van der Waals surface area contributed by atoms with Gasteiger partial charge in [-0.05, 0) is 37.0 Å². The zero-order chi connectivity index (χ0) is 19.0. The van der Waals surface area contributed by atoms with Gasteiger partial charge in [-0.1, -0.05) is 0 Å². The highest BCUT2D eigenvalue weighted by atomic mass is 19.1. The molecule has 2 aliphatic rings. The lowest BCUT2D eigenvalue weighted by molar-refractivity contribution is -0.0967. The smallest absolute Gasteiger partial charge is 0.275 e. The van der Waals surface area contributed by atoms with Gasteiger partial charge in [0.1, 0.15) is 5.60 Å². The number of likely N-dealkylation sites (tertiary alicyclic amines) is 1. The van der Waals surface area contributed by atoms with Crippen LogP contribution in [0.4, 0.5) is 10.3 Å². The van der Waals surface area contributed by atoms with Crippen LogP contribution < -0.4 is 4.90 Å². The third kappa shape index (κ3) is 3.14. The van der Waals surface area contributed by atoms with E-state index in [9.17, 15) is 9.18 Å². The fourth-order valence-electron chi connectivity index (χ4n) is 3.76. The lowest BCUT2D eigenvalue weighted by atomic mass is 9.83. The summed E-state index contributed by atoms with van der Waals surface area (Å²) in [6.45, 7) is 1.55. The van der Waals surface area contributed by atoms with E-state index in [0.29, 0.717) is 38.5 Å². The van der Waals surface area contributed by atoms with Gasteiger partial charge in [0.25, 0.3) is 5.91 Å². The molecule has 0 N–H and O–H groups in total. The van der Waals surface area contributed by atoms with Crippen molar-refractivity contribution < 1.29 is 13.9 Å². The molecule has 4 rings (SSSR count). The summed E-state index contributed by atoms with van der Waals surface area (Å²) in [7, 11) is 3.81. The molecule has 0 radical (unpaired) electrons. The number of amides is 1. The number of ether oxygens (including phenoxy) is 1. The molecule has 1 saturated heterocycles. The van der Waals surface area contributed by atoms with Crippen molar-refractivity contribution in [2.24, 2.45) is 0 Å². The molecule has 142 valence electrons. The molecule has 7 nitrogen and oxygen atoms in total. The van der Waals surface area contributed by atoms with Crippen LogP contribution in [-0.4, -0.2) is 59.6 Å². The molecule has 1 fully saturated rings. The Labute approximate surface area is 157 Å². The minimum absolute atomic E-state index is 0.129. The van der Waals surface area contributed by atoms with E-state index in [1.807, 2.05) is 25.2 Å². The summed E-state index contributed by atoms with van der Waals surface area (Å²) < 4.78 is 20.1. The number of rotatable bonds is 2. The second-order valence-electron chi connectivity index (χ2n) is 7.16. The van der Waals surface area contributed by atoms with Gasteiger partial charge in [-0.2, -0.15) is 0 Å². The van der Waals surface area contributed by atoms with Crippen molar-refractivity contribution in [3.8, 4) is 0 Å². The number of anilines is 1.